The van der Waals surface area contributed by atoms with E-state index in [2.05, 4.69) is 4.98 Å². The zero-order chi connectivity index (χ0) is 23.4. The zero-order valence-corrected chi connectivity index (χ0v) is 18.7. The summed E-state index contributed by atoms with van der Waals surface area (Å²) in [6, 6.07) is 15.0. The number of benzene rings is 2. The Morgan fingerprint density at radius 3 is 2.28 bits per heavy atom. The number of pyridine rings is 1. The summed E-state index contributed by atoms with van der Waals surface area (Å²) in [7, 11) is 0. The molecule has 0 spiro atoms. The SMILES string of the molecule is CC(C)(C)OC(=O)C(Cc1ccccc1Cl)(Oc1ccc(F)cc1)C(=O)c1cccnc1. The Hall–Kier alpha value is -3.25. The Balaban J connectivity index is 2.19. The van der Waals surface area contributed by atoms with Crippen LogP contribution >= 0.6 is 11.6 Å². The van der Waals surface area contributed by atoms with Crippen LogP contribution < -0.4 is 4.74 Å². The fourth-order valence-electron chi connectivity index (χ4n) is 3.07. The maximum Gasteiger partial charge on any atom is 0.359 e. The molecule has 32 heavy (non-hydrogen) atoms. The predicted molar refractivity (Wildman–Crippen MR) is 119 cm³/mol. The van der Waals surface area contributed by atoms with Crippen LogP contribution in [0, 0.1) is 5.82 Å². The van der Waals surface area contributed by atoms with Crippen LogP contribution in [0.25, 0.3) is 0 Å². The van der Waals surface area contributed by atoms with Gasteiger partial charge in [-0.15, -0.1) is 0 Å². The van der Waals surface area contributed by atoms with Gasteiger partial charge in [0.1, 0.15) is 17.2 Å². The highest BCUT2D eigenvalue weighted by Gasteiger charge is 2.52. The van der Waals surface area contributed by atoms with Crippen molar-refractivity contribution in [3.05, 3.63) is 95.0 Å². The molecule has 3 rings (SSSR count). The molecule has 1 aromatic heterocycles. The maximum atomic E-state index is 13.8. The van der Waals surface area contributed by atoms with Gasteiger partial charge < -0.3 is 9.47 Å². The van der Waals surface area contributed by atoms with Crippen molar-refractivity contribution in [2.45, 2.75) is 38.4 Å². The highest BCUT2D eigenvalue weighted by molar-refractivity contribution is 6.31. The van der Waals surface area contributed by atoms with Crippen molar-refractivity contribution in [2.75, 3.05) is 0 Å². The normalized spacial score (nSPS) is 13.2. The van der Waals surface area contributed by atoms with E-state index in [0.717, 1.165) is 0 Å². The number of esters is 1. The van der Waals surface area contributed by atoms with Gasteiger partial charge >= 0.3 is 5.97 Å². The van der Waals surface area contributed by atoms with Gasteiger partial charge in [-0.3, -0.25) is 9.78 Å². The number of ether oxygens (including phenoxy) is 2. The van der Waals surface area contributed by atoms with Gasteiger partial charge in [0.15, 0.2) is 0 Å². The molecule has 1 atom stereocenters. The van der Waals surface area contributed by atoms with Crippen LogP contribution in [0.3, 0.4) is 0 Å². The molecule has 0 saturated carbocycles. The van der Waals surface area contributed by atoms with Crippen LogP contribution in [0.5, 0.6) is 5.75 Å². The largest absolute Gasteiger partial charge is 0.467 e. The second kappa shape index (κ2) is 9.49. The molecule has 0 aliphatic heterocycles. The molecule has 0 fully saturated rings. The van der Waals surface area contributed by atoms with E-state index in [0.29, 0.717) is 10.6 Å². The first-order valence-electron chi connectivity index (χ1n) is 9.97. The summed E-state index contributed by atoms with van der Waals surface area (Å²) in [5.74, 6) is -1.89. The van der Waals surface area contributed by atoms with Crippen molar-refractivity contribution in [3.63, 3.8) is 0 Å². The minimum atomic E-state index is -2.13. The average Bonchev–Trinajstić information content (AvgIpc) is 2.75. The molecule has 0 radical (unpaired) electrons. The van der Waals surface area contributed by atoms with Gasteiger partial charge in [0, 0.05) is 29.4 Å². The number of carbonyl (C=O) groups is 2. The topological polar surface area (TPSA) is 65.5 Å². The number of rotatable bonds is 7. The Kier molecular flexibility index (Phi) is 6.94. The van der Waals surface area contributed by atoms with Crippen molar-refractivity contribution in [1.29, 1.82) is 0 Å². The molecular formula is C25H23ClFNO4. The van der Waals surface area contributed by atoms with Crippen molar-refractivity contribution in [1.82, 2.24) is 4.98 Å². The first-order valence-corrected chi connectivity index (χ1v) is 10.3. The second-order valence-corrected chi connectivity index (χ2v) is 8.63. The summed E-state index contributed by atoms with van der Waals surface area (Å²) in [4.78, 5) is 31.4. The van der Waals surface area contributed by atoms with Gasteiger partial charge in [-0.2, -0.15) is 0 Å². The molecule has 5 nitrogen and oxygen atoms in total. The summed E-state index contributed by atoms with van der Waals surface area (Å²) in [6.07, 6.45) is 2.66. The van der Waals surface area contributed by atoms with Crippen molar-refractivity contribution in [3.8, 4) is 5.75 Å². The molecule has 1 heterocycles. The predicted octanol–water partition coefficient (Wildman–Crippen LogP) is 5.46. The molecule has 0 bridgehead atoms. The molecule has 0 amide bonds. The van der Waals surface area contributed by atoms with E-state index in [-0.39, 0.29) is 17.7 Å². The third-order valence-electron chi connectivity index (χ3n) is 4.52. The molecule has 3 aromatic rings. The molecule has 0 aliphatic rings. The third kappa shape index (κ3) is 5.51. The smallest absolute Gasteiger partial charge is 0.359 e. The molecule has 166 valence electrons. The molecule has 7 heteroatoms. The third-order valence-corrected chi connectivity index (χ3v) is 4.89. The van der Waals surface area contributed by atoms with Gasteiger partial charge in [-0.05, 0) is 68.8 Å². The lowest BCUT2D eigenvalue weighted by Gasteiger charge is -2.34. The summed E-state index contributed by atoms with van der Waals surface area (Å²) >= 11 is 6.36. The number of hydrogen-bond acceptors (Lipinski definition) is 5. The Morgan fingerprint density at radius 1 is 1.00 bits per heavy atom. The molecule has 0 aliphatic carbocycles. The van der Waals surface area contributed by atoms with E-state index in [9.17, 15) is 14.0 Å². The number of nitrogens with zero attached hydrogens (tertiary/aromatic N) is 1. The van der Waals surface area contributed by atoms with E-state index >= 15 is 0 Å². The van der Waals surface area contributed by atoms with Gasteiger partial charge in [-0.25, -0.2) is 9.18 Å². The minimum Gasteiger partial charge on any atom is -0.467 e. The van der Waals surface area contributed by atoms with E-state index in [4.69, 9.17) is 21.1 Å². The standard InChI is InChI=1S/C25H23ClFNO4/c1-24(2,3)32-23(30)25(15-17-7-4-5-9-21(17)26,22(29)18-8-6-14-28-16-18)31-20-12-10-19(27)11-13-20/h4-14,16H,15H2,1-3H3. The van der Waals surface area contributed by atoms with Crippen LogP contribution in [-0.2, 0) is 16.0 Å². The lowest BCUT2D eigenvalue weighted by atomic mass is 9.86. The van der Waals surface area contributed by atoms with Crippen molar-refractivity contribution < 1.29 is 23.5 Å². The summed E-state index contributed by atoms with van der Waals surface area (Å²) in [5, 5.41) is 0.363. The van der Waals surface area contributed by atoms with E-state index in [1.165, 1.54) is 42.7 Å². The van der Waals surface area contributed by atoms with Gasteiger partial charge in [-0.1, -0.05) is 29.8 Å². The minimum absolute atomic E-state index is 0.126. The first kappa shape index (κ1) is 23.4. The molecule has 0 saturated heterocycles. The average molecular weight is 456 g/mol. The van der Waals surface area contributed by atoms with Crippen molar-refractivity contribution in [2.24, 2.45) is 0 Å². The van der Waals surface area contributed by atoms with Crippen LogP contribution in [0.15, 0.2) is 73.1 Å². The molecule has 0 N–H and O–H groups in total. The van der Waals surface area contributed by atoms with Crippen LogP contribution in [0.1, 0.15) is 36.7 Å². The lowest BCUT2D eigenvalue weighted by Crippen LogP contribution is -2.56. The quantitative estimate of drug-likeness (QED) is 0.269. The van der Waals surface area contributed by atoms with Gasteiger partial charge in [0.2, 0.25) is 5.78 Å². The Labute approximate surface area is 191 Å². The van der Waals surface area contributed by atoms with Crippen LogP contribution in [-0.4, -0.2) is 27.9 Å². The molecule has 2 aromatic carbocycles. The van der Waals surface area contributed by atoms with Gasteiger partial charge in [0.05, 0.1) is 0 Å². The zero-order valence-electron chi connectivity index (χ0n) is 18.0. The summed E-state index contributed by atoms with van der Waals surface area (Å²) in [5.41, 5.74) is -2.35. The Bertz CT molecular complexity index is 1100. The lowest BCUT2D eigenvalue weighted by molar-refractivity contribution is -0.169. The van der Waals surface area contributed by atoms with E-state index in [1.54, 1.807) is 51.1 Å². The van der Waals surface area contributed by atoms with Crippen LogP contribution in [0.4, 0.5) is 4.39 Å². The maximum absolute atomic E-state index is 13.8. The van der Waals surface area contributed by atoms with E-state index < -0.39 is 28.8 Å². The Morgan fingerprint density at radius 2 is 1.69 bits per heavy atom. The number of aromatic nitrogens is 1. The fraction of sp³-hybridized carbons (Fsp3) is 0.240. The highest BCUT2D eigenvalue weighted by Crippen LogP contribution is 2.32. The van der Waals surface area contributed by atoms with Crippen LogP contribution in [0.2, 0.25) is 5.02 Å². The highest BCUT2D eigenvalue weighted by atomic mass is 35.5. The molecular weight excluding hydrogens is 433 g/mol. The number of ketones is 1. The fourth-order valence-corrected chi connectivity index (χ4v) is 3.28. The second-order valence-electron chi connectivity index (χ2n) is 8.22. The first-order chi connectivity index (χ1) is 15.1. The monoisotopic (exact) mass is 455 g/mol. The van der Waals surface area contributed by atoms with Crippen molar-refractivity contribution >= 4 is 23.4 Å². The summed E-state index contributed by atoms with van der Waals surface area (Å²) < 4.78 is 25.2. The number of hydrogen-bond donors (Lipinski definition) is 0. The molecule has 1 unspecified atom stereocenters. The number of halogens is 2. The summed E-state index contributed by atoms with van der Waals surface area (Å²) in [6.45, 7) is 5.08. The number of carbonyl (C=O) groups excluding carboxylic acids is 2. The van der Waals surface area contributed by atoms with Gasteiger partial charge in [0.25, 0.3) is 5.60 Å². The number of Topliss-reactive ketones (excluding diaryl/α,β-unsaturated/α-hetero) is 1. The van der Waals surface area contributed by atoms with E-state index in [1.807, 2.05) is 0 Å².